The third-order valence-electron chi connectivity index (χ3n) is 3.66. The fourth-order valence-electron chi connectivity index (χ4n) is 2.39. The number of hydrogen-bond donors (Lipinski definition) is 2. The van der Waals surface area contributed by atoms with Crippen LogP contribution >= 0.6 is 24.0 Å². The lowest BCUT2D eigenvalue weighted by atomic mass is 10.0. The minimum Gasteiger partial charge on any atom is -0.352 e. The van der Waals surface area contributed by atoms with Crippen molar-refractivity contribution in [2.45, 2.75) is 25.8 Å². The number of hydrogen-bond acceptors (Lipinski definition) is 4. The number of halogens is 2. The summed E-state index contributed by atoms with van der Waals surface area (Å²) < 4.78 is 0. The van der Waals surface area contributed by atoms with Gasteiger partial charge in [0.15, 0.2) is 0 Å². The molecule has 1 heterocycles. The molecule has 1 saturated heterocycles. The Labute approximate surface area is 140 Å². The molecule has 1 aromatic carbocycles. The number of nitrogens with one attached hydrogen (secondary N) is 2. The van der Waals surface area contributed by atoms with Gasteiger partial charge in [-0.05, 0) is 43.5 Å². The van der Waals surface area contributed by atoms with Gasteiger partial charge in [-0.1, -0.05) is 11.6 Å². The molecular weight excluding hydrogens is 329 g/mol. The molecule has 0 bridgehead atoms. The molecule has 1 aromatic rings. The van der Waals surface area contributed by atoms with Gasteiger partial charge in [0.1, 0.15) is 0 Å². The van der Waals surface area contributed by atoms with E-state index in [-0.39, 0.29) is 30.5 Å². The Bertz CT molecular complexity index is 534. The van der Waals surface area contributed by atoms with Gasteiger partial charge in [-0.25, -0.2) is 0 Å². The molecule has 0 aliphatic carbocycles. The number of rotatable bonds is 6. The van der Waals surface area contributed by atoms with Crippen LogP contribution in [0.4, 0.5) is 5.69 Å². The number of carbonyl (C=O) groups excluding carboxylic acids is 1. The maximum atomic E-state index is 11.8. The summed E-state index contributed by atoms with van der Waals surface area (Å²) >= 11 is 5.98. The van der Waals surface area contributed by atoms with Crippen LogP contribution in [0.15, 0.2) is 18.2 Å². The summed E-state index contributed by atoms with van der Waals surface area (Å²) in [7, 11) is 0. The molecule has 0 radical (unpaired) electrons. The highest BCUT2D eigenvalue weighted by atomic mass is 35.5. The van der Waals surface area contributed by atoms with Crippen molar-refractivity contribution in [3.05, 3.63) is 38.9 Å². The first kappa shape index (κ1) is 18.7. The first-order chi connectivity index (χ1) is 10.1. The number of carbonyl (C=O) groups is 1. The van der Waals surface area contributed by atoms with Crippen molar-refractivity contribution in [1.82, 2.24) is 10.6 Å². The Kier molecular flexibility index (Phi) is 7.58. The maximum Gasteiger partial charge on any atom is 0.269 e. The Hall–Kier alpha value is -1.37. The third kappa shape index (κ3) is 5.44. The van der Waals surface area contributed by atoms with Crippen molar-refractivity contribution in [3.63, 3.8) is 0 Å². The molecule has 0 saturated carbocycles. The smallest absolute Gasteiger partial charge is 0.269 e. The van der Waals surface area contributed by atoms with Gasteiger partial charge in [-0.15, -0.1) is 12.4 Å². The molecule has 1 amide bonds. The summed E-state index contributed by atoms with van der Waals surface area (Å²) in [5, 5.41) is 17.2. The van der Waals surface area contributed by atoms with Gasteiger partial charge in [-0.2, -0.15) is 0 Å². The van der Waals surface area contributed by atoms with E-state index < -0.39 is 4.92 Å². The lowest BCUT2D eigenvalue weighted by molar-refractivity contribution is -0.384. The zero-order valence-electron chi connectivity index (χ0n) is 12.0. The molecular formula is C14H19Cl2N3O3. The minimum absolute atomic E-state index is 0. The Morgan fingerprint density at radius 1 is 1.50 bits per heavy atom. The first-order valence-corrected chi connectivity index (χ1v) is 7.34. The van der Waals surface area contributed by atoms with Crippen LogP contribution in [-0.2, 0) is 11.3 Å². The molecule has 122 valence electrons. The Balaban J connectivity index is 0.00000242. The number of non-ortho nitro benzene ring substituents is 1. The van der Waals surface area contributed by atoms with Crippen LogP contribution < -0.4 is 10.6 Å². The second-order valence-electron chi connectivity index (χ2n) is 5.21. The summed E-state index contributed by atoms with van der Waals surface area (Å²) in [5.41, 5.74) is 0.530. The predicted molar refractivity (Wildman–Crippen MR) is 87.4 cm³/mol. The van der Waals surface area contributed by atoms with Crippen molar-refractivity contribution < 1.29 is 9.72 Å². The summed E-state index contributed by atoms with van der Waals surface area (Å²) in [6.45, 7) is 2.21. The van der Waals surface area contributed by atoms with Crippen molar-refractivity contribution >= 4 is 35.6 Å². The molecule has 22 heavy (non-hydrogen) atoms. The van der Waals surface area contributed by atoms with Crippen LogP contribution in [0, 0.1) is 16.0 Å². The molecule has 1 aliphatic rings. The molecule has 2 N–H and O–H groups in total. The first-order valence-electron chi connectivity index (χ1n) is 6.96. The van der Waals surface area contributed by atoms with Crippen molar-refractivity contribution in [1.29, 1.82) is 0 Å². The molecule has 1 aliphatic heterocycles. The fourth-order valence-corrected chi connectivity index (χ4v) is 2.57. The number of nitrogens with zero attached hydrogens (tertiary/aromatic N) is 1. The Morgan fingerprint density at radius 3 is 2.91 bits per heavy atom. The molecule has 1 unspecified atom stereocenters. The SMILES string of the molecule is Cl.O=C(CCC1CCNC1)NCc1cc([N+](=O)[O-])ccc1Cl. The zero-order valence-corrected chi connectivity index (χ0v) is 13.6. The summed E-state index contributed by atoms with van der Waals surface area (Å²) in [6.07, 6.45) is 2.45. The highest BCUT2D eigenvalue weighted by Gasteiger charge is 2.16. The summed E-state index contributed by atoms with van der Waals surface area (Å²) in [4.78, 5) is 22.0. The highest BCUT2D eigenvalue weighted by molar-refractivity contribution is 6.31. The predicted octanol–water partition coefficient (Wildman–Crippen LogP) is 2.68. The topological polar surface area (TPSA) is 84.3 Å². The largest absolute Gasteiger partial charge is 0.352 e. The molecule has 8 heteroatoms. The van der Waals surface area contributed by atoms with Gasteiger partial charge in [0, 0.05) is 30.1 Å². The summed E-state index contributed by atoms with van der Waals surface area (Å²) in [6, 6.07) is 4.22. The standard InChI is InChI=1S/C14H18ClN3O3.ClH/c15-13-3-2-12(18(20)21)7-11(13)9-17-14(19)4-1-10-5-6-16-8-10;/h2-3,7,10,16H,1,4-6,8-9H2,(H,17,19);1H. The van der Waals surface area contributed by atoms with Crippen LogP contribution in [0.2, 0.25) is 5.02 Å². The van der Waals surface area contributed by atoms with E-state index >= 15 is 0 Å². The second-order valence-corrected chi connectivity index (χ2v) is 5.61. The van der Waals surface area contributed by atoms with Crippen LogP contribution in [-0.4, -0.2) is 23.9 Å². The normalized spacial score (nSPS) is 16.9. The van der Waals surface area contributed by atoms with E-state index in [1.54, 1.807) is 0 Å². The van der Waals surface area contributed by atoms with E-state index in [4.69, 9.17) is 11.6 Å². The second kappa shape index (κ2) is 8.92. The number of nitro groups is 1. The average molecular weight is 348 g/mol. The van der Waals surface area contributed by atoms with E-state index in [9.17, 15) is 14.9 Å². The van der Waals surface area contributed by atoms with Crippen LogP contribution in [0.25, 0.3) is 0 Å². The summed E-state index contributed by atoms with van der Waals surface area (Å²) in [5.74, 6) is 0.515. The van der Waals surface area contributed by atoms with Gasteiger partial charge in [0.05, 0.1) is 4.92 Å². The third-order valence-corrected chi connectivity index (χ3v) is 4.03. The highest BCUT2D eigenvalue weighted by Crippen LogP contribution is 2.22. The number of benzene rings is 1. The maximum absolute atomic E-state index is 11.8. The monoisotopic (exact) mass is 347 g/mol. The van der Waals surface area contributed by atoms with E-state index in [1.807, 2.05) is 0 Å². The van der Waals surface area contributed by atoms with Crippen LogP contribution in [0.3, 0.4) is 0 Å². The Morgan fingerprint density at radius 2 is 2.27 bits per heavy atom. The van der Waals surface area contributed by atoms with Crippen LogP contribution in [0.1, 0.15) is 24.8 Å². The van der Waals surface area contributed by atoms with Gasteiger partial charge < -0.3 is 10.6 Å². The van der Waals surface area contributed by atoms with E-state index in [0.29, 0.717) is 22.9 Å². The lowest BCUT2D eigenvalue weighted by Crippen LogP contribution is -2.23. The van der Waals surface area contributed by atoms with E-state index in [2.05, 4.69) is 10.6 Å². The quantitative estimate of drug-likeness (QED) is 0.612. The van der Waals surface area contributed by atoms with E-state index in [1.165, 1.54) is 18.2 Å². The van der Waals surface area contributed by atoms with Crippen molar-refractivity contribution in [3.8, 4) is 0 Å². The number of nitro benzene ring substituents is 1. The van der Waals surface area contributed by atoms with Crippen LogP contribution in [0.5, 0.6) is 0 Å². The van der Waals surface area contributed by atoms with Gasteiger partial charge >= 0.3 is 0 Å². The lowest BCUT2D eigenvalue weighted by Gasteiger charge is -2.09. The average Bonchev–Trinajstić information content (AvgIpc) is 2.97. The fraction of sp³-hybridized carbons (Fsp3) is 0.500. The number of amides is 1. The van der Waals surface area contributed by atoms with Crippen molar-refractivity contribution in [2.24, 2.45) is 5.92 Å². The van der Waals surface area contributed by atoms with Gasteiger partial charge in [0.25, 0.3) is 5.69 Å². The molecule has 6 nitrogen and oxygen atoms in total. The molecule has 1 fully saturated rings. The van der Waals surface area contributed by atoms with E-state index in [0.717, 1.165) is 25.9 Å². The van der Waals surface area contributed by atoms with Crippen molar-refractivity contribution in [2.75, 3.05) is 13.1 Å². The zero-order chi connectivity index (χ0) is 15.2. The molecule has 0 aromatic heterocycles. The molecule has 1 atom stereocenters. The minimum atomic E-state index is -0.477. The van der Waals surface area contributed by atoms with Gasteiger partial charge in [-0.3, -0.25) is 14.9 Å². The molecule has 2 rings (SSSR count). The van der Waals surface area contributed by atoms with Gasteiger partial charge in [0.2, 0.25) is 5.91 Å². The molecule has 0 spiro atoms.